The summed E-state index contributed by atoms with van der Waals surface area (Å²) < 4.78 is 0. The number of amides is 1. The first-order chi connectivity index (χ1) is 15.6. The lowest BCUT2D eigenvalue weighted by atomic mass is 10.1. The maximum absolute atomic E-state index is 12.8. The lowest BCUT2D eigenvalue weighted by Gasteiger charge is -2.28. The van der Waals surface area contributed by atoms with E-state index >= 15 is 0 Å². The fraction of sp³-hybridized carbons (Fsp3) is 0.167. The molecule has 1 fully saturated rings. The number of amidine groups is 2. The molecule has 1 saturated heterocycles. The molecule has 8 heteroatoms. The predicted molar refractivity (Wildman–Crippen MR) is 125 cm³/mol. The van der Waals surface area contributed by atoms with Gasteiger partial charge in [0.25, 0.3) is 5.91 Å². The second kappa shape index (κ2) is 8.24. The summed E-state index contributed by atoms with van der Waals surface area (Å²) in [5.41, 5.74) is 3.29. The summed E-state index contributed by atoms with van der Waals surface area (Å²) >= 11 is 0. The van der Waals surface area contributed by atoms with Gasteiger partial charge in [0.05, 0.1) is 11.4 Å². The van der Waals surface area contributed by atoms with Crippen molar-refractivity contribution in [2.24, 2.45) is 0 Å². The number of carbonyl (C=O) groups is 1. The van der Waals surface area contributed by atoms with Crippen LogP contribution in [0.2, 0.25) is 0 Å². The van der Waals surface area contributed by atoms with Gasteiger partial charge in [0.2, 0.25) is 0 Å². The molecule has 8 nitrogen and oxygen atoms in total. The second-order valence-corrected chi connectivity index (χ2v) is 7.69. The number of pyridine rings is 1. The van der Waals surface area contributed by atoms with E-state index < -0.39 is 0 Å². The summed E-state index contributed by atoms with van der Waals surface area (Å²) in [6.07, 6.45) is 1.68. The predicted octanol–water partition coefficient (Wildman–Crippen LogP) is 3.04. The van der Waals surface area contributed by atoms with E-state index in [1.165, 1.54) is 0 Å². The zero-order valence-electron chi connectivity index (χ0n) is 17.4. The molecule has 2 aliphatic heterocycles. The van der Waals surface area contributed by atoms with Gasteiger partial charge in [0.15, 0.2) is 5.82 Å². The Balaban J connectivity index is 1.48. The normalized spacial score (nSPS) is 15.3. The fourth-order valence-corrected chi connectivity index (χ4v) is 4.02. The monoisotopic (exact) mass is 425 g/mol. The Bertz CT molecular complexity index is 1200. The molecule has 0 saturated carbocycles. The van der Waals surface area contributed by atoms with Gasteiger partial charge >= 0.3 is 0 Å². The molecule has 0 spiro atoms. The first-order valence-electron chi connectivity index (χ1n) is 10.5. The summed E-state index contributed by atoms with van der Waals surface area (Å²) in [5.74, 6) is 0.909. The Morgan fingerprint density at radius 3 is 2.44 bits per heavy atom. The van der Waals surface area contributed by atoms with Gasteiger partial charge in [-0.05, 0) is 36.4 Å². The first kappa shape index (κ1) is 19.9. The molecule has 0 radical (unpaired) electrons. The maximum atomic E-state index is 12.8. The van der Waals surface area contributed by atoms with Gasteiger partial charge in [0, 0.05) is 49.1 Å². The molecule has 3 aromatic rings. The van der Waals surface area contributed by atoms with Gasteiger partial charge in [-0.25, -0.2) is 4.98 Å². The van der Waals surface area contributed by atoms with E-state index in [-0.39, 0.29) is 17.6 Å². The standard InChI is InChI=1S/C24H23N7O/c25-21(16-7-9-17(10-8-16)24(32)30-14-12-27-13-15-30)31-20-6-3-11-28-23(20)29-19-5-2-1-4-18(19)22(31)26/h1-11,25-27H,12-15H2,(H,28,29). The van der Waals surface area contributed by atoms with Crippen LogP contribution >= 0.6 is 0 Å². The number of benzene rings is 2. The first-order valence-corrected chi connectivity index (χ1v) is 10.5. The van der Waals surface area contributed by atoms with Crippen molar-refractivity contribution in [2.45, 2.75) is 0 Å². The Kier molecular flexibility index (Phi) is 5.12. The number of anilines is 3. The molecule has 0 aliphatic carbocycles. The highest BCUT2D eigenvalue weighted by Gasteiger charge is 2.28. The van der Waals surface area contributed by atoms with E-state index in [0.717, 1.165) is 18.8 Å². The van der Waals surface area contributed by atoms with Crippen LogP contribution in [0.3, 0.4) is 0 Å². The average molecular weight is 425 g/mol. The van der Waals surface area contributed by atoms with Gasteiger partial charge < -0.3 is 15.5 Å². The van der Waals surface area contributed by atoms with E-state index in [1.807, 2.05) is 35.2 Å². The van der Waals surface area contributed by atoms with Crippen molar-refractivity contribution in [3.05, 3.63) is 83.6 Å². The molecule has 2 aliphatic rings. The summed E-state index contributed by atoms with van der Waals surface area (Å²) in [4.78, 5) is 20.6. The van der Waals surface area contributed by atoms with Crippen molar-refractivity contribution >= 4 is 34.8 Å². The highest BCUT2D eigenvalue weighted by atomic mass is 16.2. The Morgan fingerprint density at radius 2 is 1.66 bits per heavy atom. The van der Waals surface area contributed by atoms with Crippen LogP contribution in [0.15, 0.2) is 66.9 Å². The van der Waals surface area contributed by atoms with Crippen LogP contribution in [-0.4, -0.2) is 53.6 Å². The number of carbonyl (C=O) groups excluding carboxylic acids is 1. The SMILES string of the molecule is N=C(c1ccc(C(=O)N2CCNCC2)cc1)N1C(=N)c2ccccc2Nc2ncccc21. The minimum absolute atomic E-state index is 0.000214. The number of nitrogens with zero attached hydrogens (tertiary/aromatic N) is 3. The number of hydrogen-bond acceptors (Lipinski definition) is 6. The lowest BCUT2D eigenvalue weighted by molar-refractivity contribution is 0.0736. The molecule has 0 bridgehead atoms. The zero-order chi connectivity index (χ0) is 22.1. The number of nitrogens with one attached hydrogen (secondary N) is 4. The topological polar surface area (TPSA) is 108 Å². The molecular weight excluding hydrogens is 402 g/mol. The van der Waals surface area contributed by atoms with Crippen molar-refractivity contribution in [3.8, 4) is 0 Å². The average Bonchev–Trinajstić information content (AvgIpc) is 2.97. The van der Waals surface area contributed by atoms with Gasteiger partial charge in [-0.15, -0.1) is 0 Å². The van der Waals surface area contributed by atoms with Crippen molar-refractivity contribution in [1.29, 1.82) is 10.8 Å². The van der Waals surface area contributed by atoms with E-state index in [4.69, 9.17) is 10.8 Å². The third-order valence-corrected chi connectivity index (χ3v) is 5.72. The molecule has 5 rings (SSSR count). The Hall–Kier alpha value is -4.04. The van der Waals surface area contributed by atoms with Crippen molar-refractivity contribution < 1.29 is 4.79 Å². The third kappa shape index (κ3) is 3.50. The maximum Gasteiger partial charge on any atom is 0.253 e. The van der Waals surface area contributed by atoms with Crippen LogP contribution in [0.1, 0.15) is 21.5 Å². The number of rotatable bonds is 2. The highest BCUT2D eigenvalue weighted by molar-refractivity contribution is 6.30. The highest BCUT2D eigenvalue weighted by Crippen LogP contribution is 2.34. The summed E-state index contributed by atoms with van der Waals surface area (Å²) in [6, 6.07) is 18.2. The molecule has 32 heavy (non-hydrogen) atoms. The molecule has 1 aromatic heterocycles. The quantitative estimate of drug-likeness (QED) is 0.373. The third-order valence-electron chi connectivity index (χ3n) is 5.72. The molecule has 1 amide bonds. The number of fused-ring (bicyclic) bond motifs is 2. The zero-order valence-corrected chi connectivity index (χ0v) is 17.4. The minimum atomic E-state index is -0.000214. The van der Waals surface area contributed by atoms with Crippen LogP contribution in [-0.2, 0) is 0 Å². The van der Waals surface area contributed by atoms with Gasteiger partial charge in [-0.3, -0.25) is 20.5 Å². The molecular formula is C24H23N7O. The van der Waals surface area contributed by atoms with E-state index in [0.29, 0.717) is 41.3 Å². The van der Waals surface area contributed by atoms with Crippen LogP contribution in [0.4, 0.5) is 17.2 Å². The molecule has 0 atom stereocenters. The lowest BCUT2D eigenvalue weighted by Crippen LogP contribution is -2.46. The number of aromatic nitrogens is 1. The van der Waals surface area contributed by atoms with Crippen LogP contribution < -0.4 is 15.5 Å². The molecule has 160 valence electrons. The molecule has 4 N–H and O–H groups in total. The Labute approximate surface area is 185 Å². The fourth-order valence-electron chi connectivity index (χ4n) is 4.02. The number of piperazine rings is 1. The summed E-state index contributed by atoms with van der Waals surface area (Å²) in [7, 11) is 0. The van der Waals surface area contributed by atoms with Crippen molar-refractivity contribution in [3.63, 3.8) is 0 Å². The minimum Gasteiger partial charge on any atom is -0.338 e. The van der Waals surface area contributed by atoms with Crippen LogP contribution in [0.25, 0.3) is 0 Å². The van der Waals surface area contributed by atoms with Crippen LogP contribution in [0, 0.1) is 10.8 Å². The Morgan fingerprint density at radius 1 is 0.938 bits per heavy atom. The molecule has 0 unspecified atom stereocenters. The van der Waals surface area contributed by atoms with Gasteiger partial charge in [-0.2, -0.15) is 0 Å². The van der Waals surface area contributed by atoms with E-state index in [1.54, 1.807) is 41.4 Å². The van der Waals surface area contributed by atoms with Crippen molar-refractivity contribution in [1.82, 2.24) is 15.2 Å². The van der Waals surface area contributed by atoms with Crippen molar-refractivity contribution in [2.75, 3.05) is 36.4 Å². The molecule has 2 aromatic carbocycles. The summed E-state index contributed by atoms with van der Waals surface area (Å²) in [5, 5.41) is 24.3. The number of hydrogen-bond donors (Lipinski definition) is 4. The largest absolute Gasteiger partial charge is 0.338 e. The summed E-state index contributed by atoms with van der Waals surface area (Å²) in [6.45, 7) is 2.98. The molecule has 3 heterocycles. The van der Waals surface area contributed by atoms with E-state index in [2.05, 4.69) is 15.6 Å². The number of para-hydroxylation sites is 1. The van der Waals surface area contributed by atoms with Crippen LogP contribution in [0.5, 0.6) is 0 Å². The smallest absolute Gasteiger partial charge is 0.253 e. The van der Waals surface area contributed by atoms with Gasteiger partial charge in [-0.1, -0.05) is 24.3 Å². The second-order valence-electron chi connectivity index (χ2n) is 7.69. The van der Waals surface area contributed by atoms with E-state index in [9.17, 15) is 4.79 Å². The van der Waals surface area contributed by atoms with Gasteiger partial charge in [0.1, 0.15) is 11.7 Å².